The van der Waals surface area contributed by atoms with Gasteiger partial charge in [0.15, 0.2) is 0 Å². The number of hydrogen-bond donors (Lipinski definition) is 1. The van der Waals surface area contributed by atoms with Crippen molar-refractivity contribution < 1.29 is 24.4 Å². The van der Waals surface area contributed by atoms with Crippen LogP contribution in [-0.2, 0) is 11.3 Å². The van der Waals surface area contributed by atoms with Crippen molar-refractivity contribution in [2.75, 3.05) is 18.1 Å². The van der Waals surface area contributed by atoms with E-state index >= 15 is 0 Å². The summed E-state index contributed by atoms with van der Waals surface area (Å²) in [5.41, 5.74) is -2.59. The molecule has 0 radical (unpaired) electrons. The first-order valence-corrected chi connectivity index (χ1v) is 10.1. The number of nitrogens with zero attached hydrogens (tertiary/aromatic N) is 4. The van der Waals surface area contributed by atoms with E-state index in [2.05, 4.69) is 0 Å². The minimum absolute atomic E-state index is 0.0475. The Hall–Kier alpha value is -4.45. The summed E-state index contributed by atoms with van der Waals surface area (Å²) in [7, 11) is 0. The molecule has 2 heterocycles. The van der Waals surface area contributed by atoms with Gasteiger partial charge >= 0.3 is 17.8 Å². The van der Waals surface area contributed by atoms with Crippen LogP contribution in [0.25, 0.3) is 5.69 Å². The Morgan fingerprint density at radius 3 is 2.38 bits per heavy atom. The lowest BCUT2D eigenvalue weighted by molar-refractivity contribution is -0.385. The maximum atomic E-state index is 13.2. The topological polar surface area (TPSA) is 154 Å². The molecule has 0 saturated carbocycles. The van der Waals surface area contributed by atoms with Crippen LogP contribution in [0.15, 0.2) is 58.3 Å². The first-order chi connectivity index (χ1) is 16.2. The molecule has 1 fully saturated rings. The van der Waals surface area contributed by atoms with Crippen molar-refractivity contribution in [2.45, 2.75) is 6.54 Å². The molecule has 1 aliphatic heterocycles. The number of carbonyl (C=O) groups excluding carboxylic acids is 1. The van der Waals surface area contributed by atoms with E-state index in [1.54, 1.807) is 0 Å². The van der Waals surface area contributed by atoms with Gasteiger partial charge in [-0.1, -0.05) is 23.7 Å². The molecule has 3 aromatic rings. The number of anilines is 1. The molecule has 12 nitrogen and oxygen atoms in total. The largest absolute Gasteiger partial charge is 0.477 e. The van der Waals surface area contributed by atoms with E-state index in [0.29, 0.717) is 16.8 Å². The number of amides is 1. The average molecular weight is 487 g/mol. The molecule has 0 unspecified atom stereocenters. The van der Waals surface area contributed by atoms with Crippen LogP contribution in [0.5, 0.6) is 0 Å². The molecule has 1 aromatic heterocycles. The first-order valence-electron chi connectivity index (χ1n) is 9.75. The number of carboxylic acids is 1. The quantitative estimate of drug-likeness (QED) is 0.411. The fourth-order valence-corrected chi connectivity index (χ4v) is 3.82. The van der Waals surface area contributed by atoms with Crippen molar-refractivity contribution in [1.82, 2.24) is 9.13 Å². The van der Waals surface area contributed by atoms with Crippen molar-refractivity contribution >= 4 is 35.0 Å². The second kappa shape index (κ2) is 8.83. The van der Waals surface area contributed by atoms with Gasteiger partial charge in [-0.3, -0.25) is 28.9 Å². The number of carboxylic acid groups (broad SMARTS) is 1. The SMILES string of the molecule is O=C(O)c1cn(-c2ccc(N3CCOC3=O)cc2)c(=O)n(Cc2cccc(Cl)c2[N+](=O)[O-])c1=O. The first kappa shape index (κ1) is 22.7. The van der Waals surface area contributed by atoms with E-state index in [9.17, 15) is 34.4 Å². The number of nitro benzene ring substituents is 1. The second-order valence-corrected chi connectivity index (χ2v) is 7.59. The molecule has 0 bridgehead atoms. The Kier molecular flexibility index (Phi) is 5.90. The van der Waals surface area contributed by atoms with E-state index < -0.39 is 46.0 Å². The number of cyclic esters (lactones) is 1. The summed E-state index contributed by atoms with van der Waals surface area (Å²) in [6.45, 7) is 0.0144. The number of rotatable bonds is 6. The summed E-state index contributed by atoms with van der Waals surface area (Å²) in [4.78, 5) is 61.5. The lowest BCUT2D eigenvalue weighted by Crippen LogP contribution is -2.42. The van der Waals surface area contributed by atoms with Gasteiger partial charge in [0, 0.05) is 11.9 Å². The number of carbonyl (C=O) groups is 2. The molecule has 1 saturated heterocycles. The van der Waals surface area contributed by atoms with Gasteiger partial charge in [-0.15, -0.1) is 0 Å². The Labute approximate surface area is 194 Å². The maximum absolute atomic E-state index is 13.2. The van der Waals surface area contributed by atoms with Crippen LogP contribution in [0.3, 0.4) is 0 Å². The molecule has 2 aromatic carbocycles. The molecule has 1 N–H and O–H groups in total. The van der Waals surface area contributed by atoms with Crippen LogP contribution in [-0.4, -0.2) is 44.4 Å². The summed E-state index contributed by atoms with van der Waals surface area (Å²) in [6, 6.07) is 10.0. The zero-order chi connectivity index (χ0) is 24.6. The number of hydrogen-bond acceptors (Lipinski definition) is 7. The maximum Gasteiger partial charge on any atom is 0.414 e. The zero-order valence-corrected chi connectivity index (χ0v) is 18.0. The monoisotopic (exact) mass is 486 g/mol. The van der Waals surface area contributed by atoms with Crippen LogP contribution in [0.4, 0.5) is 16.2 Å². The molecule has 1 amide bonds. The predicted octanol–water partition coefficient (Wildman–Crippen LogP) is 2.26. The number of benzene rings is 2. The van der Waals surface area contributed by atoms with Crippen LogP contribution in [0.2, 0.25) is 5.02 Å². The van der Waals surface area contributed by atoms with Crippen LogP contribution in [0, 0.1) is 10.1 Å². The van der Waals surface area contributed by atoms with E-state index in [-0.39, 0.29) is 22.9 Å². The lowest BCUT2D eigenvalue weighted by atomic mass is 10.1. The Bertz CT molecular complexity index is 1440. The number of ether oxygens (including phenoxy) is 1. The van der Waals surface area contributed by atoms with Crippen molar-refractivity contribution in [1.29, 1.82) is 0 Å². The molecule has 0 atom stereocenters. The minimum atomic E-state index is -1.58. The zero-order valence-electron chi connectivity index (χ0n) is 17.2. The highest BCUT2D eigenvalue weighted by Crippen LogP contribution is 2.28. The van der Waals surface area contributed by atoms with Crippen molar-refractivity contribution in [2.24, 2.45) is 0 Å². The Balaban J connectivity index is 1.84. The standard InChI is InChI=1S/C21H15ClN4O8/c22-16-3-1-2-12(17(16)26(32)33)10-25-18(27)15(19(28)29)11-24(20(25)30)14-6-4-13(5-7-14)23-8-9-34-21(23)31/h1-7,11H,8-10H2,(H,28,29). The van der Waals surface area contributed by atoms with Crippen molar-refractivity contribution in [3.05, 3.63) is 95.8 Å². The number of para-hydroxylation sites is 1. The third kappa shape index (κ3) is 4.01. The smallest absolute Gasteiger partial charge is 0.414 e. The van der Waals surface area contributed by atoms with E-state index in [0.717, 1.165) is 10.8 Å². The molecule has 1 aliphatic rings. The van der Waals surface area contributed by atoms with Crippen molar-refractivity contribution in [3.63, 3.8) is 0 Å². The van der Waals surface area contributed by atoms with Gasteiger partial charge in [0.05, 0.1) is 29.3 Å². The Morgan fingerprint density at radius 1 is 1.12 bits per heavy atom. The Morgan fingerprint density at radius 2 is 1.79 bits per heavy atom. The molecular formula is C21H15ClN4O8. The number of nitro groups is 1. The molecular weight excluding hydrogens is 472 g/mol. The normalized spacial score (nSPS) is 13.1. The highest BCUT2D eigenvalue weighted by Gasteiger charge is 2.25. The van der Waals surface area contributed by atoms with Gasteiger partial charge in [-0.05, 0) is 30.3 Å². The predicted molar refractivity (Wildman–Crippen MR) is 119 cm³/mol. The lowest BCUT2D eigenvalue weighted by Gasteiger charge is -2.15. The highest BCUT2D eigenvalue weighted by molar-refractivity contribution is 6.32. The fourth-order valence-electron chi connectivity index (χ4n) is 3.56. The third-order valence-electron chi connectivity index (χ3n) is 5.18. The van der Waals surface area contributed by atoms with E-state index in [1.165, 1.54) is 47.4 Å². The highest BCUT2D eigenvalue weighted by atomic mass is 35.5. The van der Waals surface area contributed by atoms with E-state index in [4.69, 9.17) is 16.3 Å². The summed E-state index contributed by atoms with van der Waals surface area (Å²) in [6.07, 6.45) is 0.365. The number of aromatic nitrogens is 2. The molecule has 13 heteroatoms. The third-order valence-corrected chi connectivity index (χ3v) is 5.49. The molecule has 174 valence electrons. The summed E-state index contributed by atoms with van der Waals surface area (Å²) >= 11 is 5.91. The van der Waals surface area contributed by atoms with Gasteiger partial charge in [-0.25, -0.2) is 14.4 Å². The summed E-state index contributed by atoms with van der Waals surface area (Å²) < 4.78 is 6.42. The van der Waals surface area contributed by atoms with Crippen LogP contribution in [0.1, 0.15) is 15.9 Å². The second-order valence-electron chi connectivity index (χ2n) is 7.18. The van der Waals surface area contributed by atoms with Gasteiger partial charge in [-0.2, -0.15) is 0 Å². The van der Waals surface area contributed by atoms with Crippen molar-refractivity contribution in [3.8, 4) is 5.69 Å². The van der Waals surface area contributed by atoms with Crippen LogP contribution < -0.4 is 16.1 Å². The van der Waals surface area contributed by atoms with Gasteiger partial charge in [0.1, 0.15) is 17.2 Å². The molecule has 4 rings (SSSR count). The molecule has 0 aliphatic carbocycles. The van der Waals surface area contributed by atoms with E-state index in [1.807, 2.05) is 0 Å². The minimum Gasteiger partial charge on any atom is -0.477 e. The molecule has 34 heavy (non-hydrogen) atoms. The van der Waals surface area contributed by atoms with Crippen LogP contribution >= 0.6 is 11.6 Å². The summed E-state index contributed by atoms with van der Waals surface area (Å²) in [5, 5.41) is 20.8. The fraction of sp³-hybridized carbons (Fsp3) is 0.143. The van der Waals surface area contributed by atoms with Gasteiger partial charge in [0.25, 0.3) is 11.2 Å². The number of halogens is 1. The average Bonchev–Trinajstić information content (AvgIpc) is 3.22. The van der Waals surface area contributed by atoms with Gasteiger partial charge < -0.3 is 9.84 Å². The molecule has 0 spiro atoms. The number of aromatic carboxylic acids is 1. The van der Waals surface area contributed by atoms with Gasteiger partial charge in [0.2, 0.25) is 0 Å². The summed E-state index contributed by atoms with van der Waals surface area (Å²) in [5.74, 6) is -1.58.